The Morgan fingerprint density at radius 1 is 1.03 bits per heavy atom. The first kappa shape index (κ1) is 25.9. The maximum atomic E-state index is 13.4. The van der Waals surface area contributed by atoms with Gasteiger partial charge < -0.3 is 0 Å². The predicted molar refractivity (Wildman–Crippen MR) is 137 cm³/mol. The molecule has 1 amide bonds. The highest BCUT2D eigenvalue weighted by Gasteiger charge is 2.27. The molecule has 0 bridgehead atoms. The fourth-order valence-corrected chi connectivity index (χ4v) is 4.98. The Morgan fingerprint density at radius 2 is 1.71 bits per heavy atom. The number of sulfonamides is 1. The van der Waals surface area contributed by atoms with Crippen molar-refractivity contribution in [3.05, 3.63) is 99.0 Å². The molecule has 0 heterocycles. The quantitative estimate of drug-likeness (QED) is 0.312. The van der Waals surface area contributed by atoms with Crippen LogP contribution in [0.5, 0.6) is 0 Å². The summed E-state index contributed by atoms with van der Waals surface area (Å²) in [6, 6.07) is 19.0. The molecule has 0 atom stereocenters. The molecule has 3 rings (SSSR count). The summed E-state index contributed by atoms with van der Waals surface area (Å²) >= 11 is 12.2. The number of rotatable bonds is 9. The highest BCUT2D eigenvalue weighted by molar-refractivity contribution is 7.89. The third kappa shape index (κ3) is 6.90. The molecule has 178 valence electrons. The Labute approximate surface area is 210 Å². The summed E-state index contributed by atoms with van der Waals surface area (Å²) in [5, 5.41) is 4.71. The van der Waals surface area contributed by atoms with E-state index in [2.05, 4.69) is 17.5 Å². The van der Waals surface area contributed by atoms with Crippen molar-refractivity contribution in [1.29, 1.82) is 0 Å². The standard InChI is InChI=1S/C25H25Cl2N3O3S/c1-3-19-6-8-20(9-7-19)15-28-29-25(31)17-30(16-21-10-11-22(26)14-24(21)27)34(32,33)23-12-4-18(2)5-13-23/h4-15H,3,16-17H2,1-2H3,(H,29,31)/b28-15-. The van der Waals surface area contributed by atoms with Gasteiger partial charge in [-0.2, -0.15) is 9.41 Å². The van der Waals surface area contributed by atoms with Gasteiger partial charge in [0, 0.05) is 16.6 Å². The van der Waals surface area contributed by atoms with Crippen molar-refractivity contribution in [3.8, 4) is 0 Å². The highest BCUT2D eigenvalue weighted by atomic mass is 35.5. The molecular weight excluding hydrogens is 493 g/mol. The molecule has 0 spiro atoms. The summed E-state index contributed by atoms with van der Waals surface area (Å²) in [5.41, 5.74) is 5.85. The molecule has 0 aliphatic heterocycles. The van der Waals surface area contributed by atoms with Crippen LogP contribution in [-0.2, 0) is 27.8 Å². The van der Waals surface area contributed by atoms with Crippen LogP contribution >= 0.6 is 23.2 Å². The van der Waals surface area contributed by atoms with Crippen LogP contribution in [0.3, 0.4) is 0 Å². The number of carbonyl (C=O) groups excluding carboxylic acids is 1. The van der Waals surface area contributed by atoms with Crippen LogP contribution in [-0.4, -0.2) is 31.4 Å². The molecule has 3 aromatic rings. The van der Waals surface area contributed by atoms with E-state index < -0.39 is 22.5 Å². The molecule has 0 unspecified atom stereocenters. The van der Waals surface area contributed by atoms with E-state index in [1.54, 1.807) is 24.3 Å². The van der Waals surface area contributed by atoms with E-state index >= 15 is 0 Å². The van der Waals surface area contributed by atoms with Crippen molar-refractivity contribution >= 4 is 45.3 Å². The number of benzene rings is 3. The predicted octanol–water partition coefficient (Wildman–Crippen LogP) is 5.21. The lowest BCUT2D eigenvalue weighted by atomic mass is 10.1. The molecule has 3 aromatic carbocycles. The number of aryl methyl sites for hydroxylation is 2. The maximum Gasteiger partial charge on any atom is 0.255 e. The Hall–Kier alpha value is -2.71. The van der Waals surface area contributed by atoms with Gasteiger partial charge in [0.05, 0.1) is 17.7 Å². The first-order chi connectivity index (χ1) is 16.2. The van der Waals surface area contributed by atoms with Crippen molar-refractivity contribution in [2.45, 2.75) is 31.7 Å². The molecule has 0 fully saturated rings. The van der Waals surface area contributed by atoms with E-state index in [0.717, 1.165) is 21.9 Å². The largest absolute Gasteiger partial charge is 0.272 e. The van der Waals surface area contributed by atoms with Gasteiger partial charge in [-0.1, -0.05) is 78.2 Å². The number of amides is 1. The summed E-state index contributed by atoms with van der Waals surface area (Å²) in [5.74, 6) is -0.581. The Bertz CT molecular complexity index is 1280. The molecular formula is C25H25Cl2N3O3S. The van der Waals surface area contributed by atoms with Crippen LogP contribution in [0.2, 0.25) is 10.0 Å². The van der Waals surface area contributed by atoms with Crippen molar-refractivity contribution in [3.63, 3.8) is 0 Å². The van der Waals surface area contributed by atoms with Gasteiger partial charge in [0.2, 0.25) is 10.0 Å². The summed E-state index contributed by atoms with van der Waals surface area (Å²) in [4.78, 5) is 12.7. The van der Waals surface area contributed by atoms with Crippen molar-refractivity contribution in [2.75, 3.05) is 6.54 Å². The number of hydrazone groups is 1. The Balaban J connectivity index is 1.80. The van der Waals surface area contributed by atoms with Gasteiger partial charge in [-0.15, -0.1) is 0 Å². The average molecular weight is 518 g/mol. The smallest absolute Gasteiger partial charge is 0.255 e. The van der Waals surface area contributed by atoms with Gasteiger partial charge in [-0.3, -0.25) is 4.79 Å². The summed E-state index contributed by atoms with van der Waals surface area (Å²) in [6.07, 6.45) is 2.43. The fourth-order valence-electron chi connectivity index (χ4n) is 3.14. The van der Waals surface area contributed by atoms with Gasteiger partial charge in [0.15, 0.2) is 0 Å². The number of carbonyl (C=O) groups is 1. The first-order valence-electron chi connectivity index (χ1n) is 10.6. The average Bonchev–Trinajstić information content (AvgIpc) is 2.81. The summed E-state index contributed by atoms with van der Waals surface area (Å²) in [6.45, 7) is 3.38. The van der Waals surface area contributed by atoms with E-state index in [9.17, 15) is 13.2 Å². The third-order valence-corrected chi connectivity index (χ3v) is 7.52. The van der Waals surface area contributed by atoms with Crippen LogP contribution in [0.15, 0.2) is 76.7 Å². The first-order valence-corrected chi connectivity index (χ1v) is 12.8. The Morgan fingerprint density at radius 3 is 2.32 bits per heavy atom. The van der Waals surface area contributed by atoms with Crippen molar-refractivity contribution in [2.24, 2.45) is 5.10 Å². The second-order valence-corrected chi connectivity index (χ2v) is 10.5. The number of hydrogen-bond acceptors (Lipinski definition) is 4. The number of nitrogens with one attached hydrogen (secondary N) is 1. The minimum Gasteiger partial charge on any atom is -0.272 e. The van der Waals surface area contributed by atoms with Crippen molar-refractivity contribution < 1.29 is 13.2 Å². The van der Waals surface area contributed by atoms with Crippen molar-refractivity contribution in [1.82, 2.24) is 9.73 Å². The summed E-state index contributed by atoms with van der Waals surface area (Å²) < 4.78 is 27.8. The SMILES string of the molecule is CCc1ccc(/C=N\NC(=O)CN(Cc2ccc(Cl)cc2Cl)S(=O)(=O)c2ccc(C)cc2)cc1. The molecule has 0 radical (unpaired) electrons. The minimum atomic E-state index is -3.99. The second-order valence-electron chi connectivity index (χ2n) is 7.71. The second kappa shape index (κ2) is 11.6. The van der Waals surface area contributed by atoms with Gasteiger partial charge in [-0.25, -0.2) is 13.8 Å². The summed E-state index contributed by atoms with van der Waals surface area (Å²) in [7, 11) is -3.99. The van der Waals surface area contributed by atoms with Crippen LogP contribution in [0.1, 0.15) is 29.2 Å². The zero-order valence-corrected chi connectivity index (χ0v) is 21.2. The van der Waals surface area contributed by atoms with Gasteiger partial charge in [-0.05, 0) is 54.3 Å². The maximum absolute atomic E-state index is 13.4. The number of halogens is 2. The topological polar surface area (TPSA) is 78.8 Å². The lowest BCUT2D eigenvalue weighted by molar-refractivity contribution is -0.121. The van der Waals surface area contributed by atoms with Crippen LogP contribution in [0.25, 0.3) is 0 Å². The van der Waals surface area contributed by atoms with Gasteiger partial charge in [0.1, 0.15) is 0 Å². The lowest BCUT2D eigenvalue weighted by Gasteiger charge is -2.22. The van der Waals surface area contributed by atoms with E-state index in [4.69, 9.17) is 23.2 Å². The van der Waals surface area contributed by atoms with Gasteiger partial charge >= 0.3 is 0 Å². The minimum absolute atomic E-state index is 0.0792. The number of nitrogens with zero attached hydrogens (tertiary/aromatic N) is 2. The van der Waals surface area contributed by atoms with E-state index in [1.165, 1.54) is 30.0 Å². The molecule has 0 aromatic heterocycles. The lowest BCUT2D eigenvalue weighted by Crippen LogP contribution is -2.39. The molecule has 0 saturated heterocycles. The Kier molecular flexibility index (Phi) is 8.85. The molecule has 34 heavy (non-hydrogen) atoms. The molecule has 0 aliphatic rings. The normalized spacial score (nSPS) is 11.8. The molecule has 1 N–H and O–H groups in total. The van der Waals surface area contributed by atoms with E-state index in [1.807, 2.05) is 31.2 Å². The van der Waals surface area contributed by atoms with E-state index in [0.29, 0.717) is 15.6 Å². The van der Waals surface area contributed by atoms with E-state index in [-0.39, 0.29) is 11.4 Å². The number of hydrogen-bond donors (Lipinski definition) is 1. The molecule has 9 heteroatoms. The zero-order chi connectivity index (χ0) is 24.7. The van der Waals surface area contributed by atoms with Crippen LogP contribution < -0.4 is 5.43 Å². The van der Waals surface area contributed by atoms with Crippen LogP contribution in [0.4, 0.5) is 0 Å². The van der Waals surface area contributed by atoms with Crippen LogP contribution in [0, 0.1) is 6.92 Å². The fraction of sp³-hybridized carbons (Fsp3) is 0.200. The monoisotopic (exact) mass is 517 g/mol. The highest BCUT2D eigenvalue weighted by Crippen LogP contribution is 2.25. The van der Waals surface area contributed by atoms with Gasteiger partial charge in [0.25, 0.3) is 5.91 Å². The zero-order valence-electron chi connectivity index (χ0n) is 18.8. The molecule has 0 saturated carbocycles. The molecule has 0 aliphatic carbocycles. The third-order valence-electron chi connectivity index (χ3n) is 5.13. The molecule has 6 nitrogen and oxygen atoms in total.